The fourth-order valence-corrected chi connectivity index (χ4v) is 4.50. The summed E-state index contributed by atoms with van der Waals surface area (Å²) in [6, 6.07) is 34.3. The average Bonchev–Trinajstić information content (AvgIpc) is 3.32. The summed E-state index contributed by atoms with van der Waals surface area (Å²) in [4.78, 5) is 19.3. The lowest BCUT2D eigenvalue weighted by molar-refractivity contribution is 0.668. The molecule has 0 atom stereocenters. The number of nitrogens with zero attached hydrogens (tertiary/aromatic N) is 4. The highest BCUT2D eigenvalue weighted by atomic mass is 16.3. The highest BCUT2D eigenvalue weighted by Gasteiger charge is 2.18. The maximum atomic E-state index is 6.06. The third-order valence-corrected chi connectivity index (χ3v) is 6.17. The van der Waals surface area contributed by atoms with Crippen LogP contribution < -0.4 is 0 Å². The minimum atomic E-state index is 0.584. The van der Waals surface area contributed by atoms with Gasteiger partial charge in [-0.05, 0) is 35.0 Å². The molecule has 7 aromatic rings. The molecule has 7 rings (SSSR count). The molecule has 0 spiro atoms. The largest absolute Gasteiger partial charge is 0.454 e. The predicted molar refractivity (Wildman–Crippen MR) is 139 cm³/mol. The topological polar surface area (TPSA) is 64.7 Å². The Labute approximate surface area is 200 Å². The maximum absolute atomic E-state index is 6.06. The lowest BCUT2D eigenvalue weighted by Gasteiger charge is -2.09. The van der Waals surface area contributed by atoms with Gasteiger partial charge in [0.25, 0.3) is 0 Å². The van der Waals surface area contributed by atoms with Gasteiger partial charge in [-0.3, -0.25) is 4.98 Å². The summed E-state index contributed by atoms with van der Waals surface area (Å²) in [6.45, 7) is 0. The maximum Gasteiger partial charge on any atom is 0.164 e. The summed E-state index contributed by atoms with van der Waals surface area (Å²) in [5.41, 5.74) is 5.02. The number of benzene rings is 4. The monoisotopic (exact) mass is 450 g/mol. The number of hydrogen-bond acceptors (Lipinski definition) is 5. The van der Waals surface area contributed by atoms with E-state index in [1.54, 1.807) is 6.20 Å². The molecule has 0 N–H and O–H groups in total. The molecule has 0 saturated carbocycles. The SMILES string of the molecule is c1ccc(-c2nc(-c3ccc4ccccc4c3)nc(-c3cccc4oc5cccnc5c34)n2)cc1. The molecule has 4 aromatic carbocycles. The van der Waals surface area contributed by atoms with Crippen molar-refractivity contribution in [3.63, 3.8) is 0 Å². The van der Waals surface area contributed by atoms with E-state index >= 15 is 0 Å². The van der Waals surface area contributed by atoms with Gasteiger partial charge in [-0.1, -0.05) is 78.9 Å². The van der Waals surface area contributed by atoms with Crippen LogP contribution in [0.25, 0.3) is 67.0 Å². The predicted octanol–water partition coefficient (Wildman–Crippen LogP) is 7.32. The van der Waals surface area contributed by atoms with E-state index in [2.05, 4.69) is 35.3 Å². The first kappa shape index (κ1) is 19.6. The second-order valence-electron chi connectivity index (χ2n) is 8.37. The highest BCUT2D eigenvalue weighted by molar-refractivity contribution is 6.09. The van der Waals surface area contributed by atoms with Gasteiger partial charge < -0.3 is 4.42 Å². The molecule has 0 unspecified atom stereocenters. The van der Waals surface area contributed by atoms with Gasteiger partial charge in [-0.2, -0.15) is 0 Å². The van der Waals surface area contributed by atoms with E-state index in [9.17, 15) is 0 Å². The molecule has 0 radical (unpaired) electrons. The van der Waals surface area contributed by atoms with E-state index in [0.29, 0.717) is 17.5 Å². The third-order valence-electron chi connectivity index (χ3n) is 6.17. The van der Waals surface area contributed by atoms with Gasteiger partial charge in [0.2, 0.25) is 0 Å². The quantitative estimate of drug-likeness (QED) is 0.282. The first-order chi connectivity index (χ1) is 17.3. The Morgan fingerprint density at radius 1 is 0.514 bits per heavy atom. The van der Waals surface area contributed by atoms with Gasteiger partial charge in [0.05, 0.1) is 5.39 Å². The minimum absolute atomic E-state index is 0.584. The number of fused-ring (bicyclic) bond motifs is 4. The van der Waals surface area contributed by atoms with Crippen molar-refractivity contribution in [1.82, 2.24) is 19.9 Å². The van der Waals surface area contributed by atoms with Gasteiger partial charge in [-0.25, -0.2) is 15.0 Å². The van der Waals surface area contributed by atoms with Gasteiger partial charge in [0.1, 0.15) is 11.1 Å². The van der Waals surface area contributed by atoms with Gasteiger partial charge in [0.15, 0.2) is 23.1 Å². The van der Waals surface area contributed by atoms with Crippen LogP contribution in [0.2, 0.25) is 0 Å². The molecule has 164 valence electrons. The zero-order chi connectivity index (χ0) is 23.2. The minimum Gasteiger partial charge on any atom is -0.454 e. The Morgan fingerprint density at radius 3 is 2.14 bits per heavy atom. The van der Waals surface area contributed by atoms with Crippen molar-refractivity contribution in [2.75, 3.05) is 0 Å². The molecule has 0 aliphatic rings. The van der Waals surface area contributed by atoms with Crippen molar-refractivity contribution in [2.45, 2.75) is 0 Å². The molecule has 35 heavy (non-hydrogen) atoms. The number of aromatic nitrogens is 4. The van der Waals surface area contributed by atoms with Crippen molar-refractivity contribution < 1.29 is 4.42 Å². The summed E-state index contributed by atoms with van der Waals surface area (Å²) in [5, 5.41) is 3.22. The van der Waals surface area contributed by atoms with Crippen LogP contribution in [0.5, 0.6) is 0 Å². The summed E-state index contributed by atoms with van der Waals surface area (Å²) < 4.78 is 6.06. The van der Waals surface area contributed by atoms with E-state index in [1.165, 1.54) is 5.39 Å². The van der Waals surface area contributed by atoms with E-state index < -0.39 is 0 Å². The first-order valence-corrected chi connectivity index (χ1v) is 11.4. The number of furan rings is 1. The Hall–Kier alpha value is -4.90. The lowest BCUT2D eigenvalue weighted by Crippen LogP contribution is -2.00. The van der Waals surface area contributed by atoms with E-state index in [0.717, 1.165) is 44.1 Å². The molecule has 0 aliphatic carbocycles. The molecule has 5 heteroatoms. The van der Waals surface area contributed by atoms with Gasteiger partial charge in [0, 0.05) is 22.9 Å². The van der Waals surface area contributed by atoms with Crippen LogP contribution in [0.1, 0.15) is 0 Å². The Kier molecular flexibility index (Phi) is 4.39. The fourth-order valence-electron chi connectivity index (χ4n) is 4.50. The average molecular weight is 451 g/mol. The fraction of sp³-hybridized carbons (Fsp3) is 0. The highest BCUT2D eigenvalue weighted by Crippen LogP contribution is 2.35. The van der Waals surface area contributed by atoms with Gasteiger partial charge >= 0.3 is 0 Å². The van der Waals surface area contributed by atoms with Crippen molar-refractivity contribution in [1.29, 1.82) is 0 Å². The van der Waals surface area contributed by atoms with Crippen LogP contribution in [0.4, 0.5) is 0 Å². The number of hydrogen-bond donors (Lipinski definition) is 0. The van der Waals surface area contributed by atoms with Crippen molar-refractivity contribution >= 4 is 32.8 Å². The second-order valence-corrected chi connectivity index (χ2v) is 8.37. The molecule has 0 amide bonds. The van der Waals surface area contributed by atoms with E-state index in [1.807, 2.05) is 72.8 Å². The van der Waals surface area contributed by atoms with Crippen LogP contribution >= 0.6 is 0 Å². The number of pyridine rings is 1. The van der Waals surface area contributed by atoms with Crippen molar-refractivity contribution in [2.24, 2.45) is 0 Å². The van der Waals surface area contributed by atoms with Crippen LogP contribution in [0.15, 0.2) is 114 Å². The zero-order valence-electron chi connectivity index (χ0n) is 18.6. The van der Waals surface area contributed by atoms with Crippen LogP contribution in [-0.4, -0.2) is 19.9 Å². The molecule has 0 bridgehead atoms. The molecule has 3 heterocycles. The zero-order valence-corrected chi connectivity index (χ0v) is 18.6. The van der Waals surface area contributed by atoms with Crippen LogP contribution in [0, 0.1) is 0 Å². The summed E-state index contributed by atoms with van der Waals surface area (Å²) in [7, 11) is 0. The Bertz CT molecular complexity index is 1860. The molecule has 0 saturated heterocycles. The second kappa shape index (κ2) is 7.85. The summed E-state index contributed by atoms with van der Waals surface area (Å²) in [5.74, 6) is 1.83. The molecule has 3 aromatic heterocycles. The normalized spacial score (nSPS) is 11.4. The van der Waals surface area contributed by atoms with E-state index in [4.69, 9.17) is 19.4 Å². The number of rotatable bonds is 3. The molecular weight excluding hydrogens is 432 g/mol. The smallest absolute Gasteiger partial charge is 0.164 e. The molecular formula is C30H18N4O. The van der Waals surface area contributed by atoms with Crippen LogP contribution in [-0.2, 0) is 0 Å². The first-order valence-electron chi connectivity index (χ1n) is 11.4. The third kappa shape index (κ3) is 3.33. The standard InChI is InChI=1S/C30H18N4O/c1-2-9-20(10-3-1)28-32-29(22-16-15-19-8-4-5-11-21(19)18-22)34-30(33-28)23-12-6-13-24-26(23)27-25(35-24)14-7-17-31-27/h1-18H. The molecule has 5 nitrogen and oxygen atoms in total. The summed E-state index contributed by atoms with van der Waals surface area (Å²) >= 11 is 0. The van der Waals surface area contributed by atoms with Crippen molar-refractivity contribution in [3.05, 3.63) is 109 Å². The Balaban J connectivity index is 1.51. The molecule has 0 fully saturated rings. The lowest BCUT2D eigenvalue weighted by atomic mass is 10.1. The Morgan fingerprint density at radius 2 is 1.26 bits per heavy atom. The molecule has 0 aliphatic heterocycles. The van der Waals surface area contributed by atoms with Crippen molar-refractivity contribution in [3.8, 4) is 34.2 Å². The van der Waals surface area contributed by atoms with Gasteiger partial charge in [-0.15, -0.1) is 0 Å². The van der Waals surface area contributed by atoms with Crippen LogP contribution in [0.3, 0.4) is 0 Å². The van der Waals surface area contributed by atoms with E-state index in [-0.39, 0.29) is 0 Å². The summed E-state index contributed by atoms with van der Waals surface area (Å²) in [6.07, 6.45) is 1.78.